The number of nitrogens with zero attached hydrogens (tertiary/aromatic N) is 2. The molecule has 0 spiro atoms. The minimum Gasteiger partial charge on any atom is -0.361 e. The molecule has 9 rings (SSSR count). The van der Waals surface area contributed by atoms with Crippen molar-refractivity contribution in [3.8, 4) is 22.5 Å². The SMILES string of the molecule is C.C(=C\c1ccc2[nH]ccc2c1)/c1cc[n+]2c(c1)-c1c(ccc3c1-c1cc(/C=C/c4ccc5[nH]ccc5c4)cc[n+]1CCC3)CCC2. The molecular formula is C43H40N4+2. The molecule has 0 saturated carbocycles. The van der Waals surface area contributed by atoms with Crippen molar-refractivity contribution in [3.63, 3.8) is 0 Å². The summed E-state index contributed by atoms with van der Waals surface area (Å²) in [5, 5.41) is 2.48. The maximum Gasteiger partial charge on any atom is 0.214 e. The second-order valence-corrected chi connectivity index (χ2v) is 12.7. The van der Waals surface area contributed by atoms with Gasteiger partial charge in [-0.15, -0.1) is 0 Å². The Bertz CT molecular complexity index is 2170. The zero-order valence-corrected chi connectivity index (χ0v) is 25.8. The van der Waals surface area contributed by atoms with E-state index in [0.29, 0.717) is 0 Å². The van der Waals surface area contributed by atoms with E-state index in [9.17, 15) is 0 Å². The molecule has 7 aromatic rings. The highest BCUT2D eigenvalue weighted by atomic mass is 15.0. The number of rotatable bonds is 4. The molecule has 0 unspecified atom stereocenters. The maximum absolute atomic E-state index is 3.30. The van der Waals surface area contributed by atoms with E-state index in [0.717, 1.165) is 38.8 Å². The molecule has 6 heterocycles. The molecule has 0 fully saturated rings. The Morgan fingerprint density at radius 2 is 0.936 bits per heavy atom. The van der Waals surface area contributed by atoms with E-state index in [2.05, 4.69) is 141 Å². The van der Waals surface area contributed by atoms with Crippen molar-refractivity contribution in [2.45, 2.75) is 46.2 Å². The predicted molar refractivity (Wildman–Crippen MR) is 196 cm³/mol. The number of aromatic nitrogens is 4. The first kappa shape index (κ1) is 29.0. The van der Waals surface area contributed by atoms with Gasteiger partial charge < -0.3 is 9.97 Å². The van der Waals surface area contributed by atoms with Gasteiger partial charge in [0.05, 0.1) is 11.1 Å². The van der Waals surface area contributed by atoms with E-state index < -0.39 is 0 Å². The number of pyridine rings is 2. The van der Waals surface area contributed by atoms with Crippen molar-refractivity contribution in [3.05, 3.63) is 143 Å². The smallest absolute Gasteiger partial charge is 0.214 e. The van der Waals surface area contributed by atoms with Crippen LogP contribution in [0.2, 0.25) is 0 Å². The van der Waals surface area contributed by atoms with Crippen LogP contribution in [0.15, 0.2) is 110 Å². The van der Waals surface area contributed by atoms with Crippen LogP contribution in [0.25, 0.3) is 68.6 Å². The van der Waals surface area contributed by atoms with Gasteiger partial charge in [0, 0.05) is 60.5 Å². The van der Waals surface area contributed by atoms with Crippen LogP contribution in [-0.4, -0.2) is 9.97 Å². The molecule has 0 bridgehead atoms. The Morgan fingerprint density at radius 3 is 1.40 bits per heavy atom. The summed E-state index contributed by atoms with van der Waals surface area (Å²) in [5.41, 5.74) is 15.6. The molecule has 3 aromatic carbocycles. The lowest BCUT2D eigenvalue weighted by atomic mass is 9.88. The number of hydrogen-bond acceptors (Lipinski definition) is 0. The van der Waals surface area contributed by atoms with Crippen LogP contribution in [0.1, 0.15) is 53.6 Å². The maximum atomic E-state index is 3.30. The number of fused-ring (bicyclic) bond motifs is 9. The van der Waals surface area contributed by atoms with Crippen LogP contribution >= 0.6 is 0 Å². The highest BCUT2D eigenvalue weighted by molar-refractivity contribution is 5.87. The van der Waals surface area contributed by atoms with Crippen LogP contribution in [0, 0.1) is 0 Å². The third-order valence-electron chi connectivity index (χ3n) is 9.79. The topological polar surface area (TPSA) is 39.3 Å². The normalized spacial score (nSPS) is 14.0. The standard InChI is InChI=1S/C42H34N4.CH4/c1-3-33-11-12-34-4-2-22-46-24-18-32(8-6-30-10-14-38-36(26-30)16-20-44-38)28-40(46)42(34)41(33)39-27-31(17-23-45(39)21-1)7-5-29-9-13-37-35(25-29)15-19-43-37;/h5-20,23-28H,1-4,21-22H2;1H4/p+2. The van der Waals surface area contributed by atoms with E-state index in [1.165, 1.54) is 77.7 Å². The van der Waals surface area contributed by atoms with Crippen molar-refractivity contribution in [2.24, 2.45) is 0 Å². The zero-order chi connectivity index (χ0) is 30.5. The van der Waals surface area contributed by atoms with Crippen LogP contribution in [0.5, 0.6) is 0 Å². The molecule has 4 heteroatoms. The van der Waals surface area contributed by atoms with Gasteiger partial charge in [-0.25, -0.2) is 0 Å². The Morgan fingerprint density at radius 1 is 0.489 bits per heavy atom. The van der Waals surface area contributed by atoms with Gasteiger partial charge >= 0.3 is 0 Å². The molecule has 230 valence electrons. The summed E-state index contributed by atoms with van der Waals surface area (Å²) in [6, 6.07) is 31.6. The van der Waals surface area contributed by atoms with E-state index >= 15 is 0 Å². The van der Waals surface area contributed by atoms with Crippen LogP contribution in [0.4, 0.5) is 0 Å². The number of H-pyrrole nitrogens is 2. The lowest BCUT2D eigenvalue weighted by Gasteiger charge is -2.14. The fourth-order valence-electron chi connectivity index (χ4n) is 7.43. The van der Waals surface area contributed by atoms with Crippen molar-refractivity contribution in [1.29, 1.82) is 0 Å². The minimum absolute atomic E-state index is 0. The summed E-state index contributed by atoms with van der Waals surface area (Å²) in [5.74, 6) is 0. The third kappa shape index (κ3) is 5.40. The number of nitrogens with one attached hydrogen (secondary N) is 2. The molecule has 2 aliphatic heterocycles. The second-order valence-electron chi connectivity index (χ2n) is 12.7. The van der Waals surface area contributed by atoms with Gasteiger partial charge in [-0.05, 0) is 93.4 Å². The molecule has 0 radical (unpaired) electrons. The average molecular weight is 613 g/mol. The first-order chi connectivity index (χ1) is 22.7. The molecule has 0 amide bonds. The third-order valence-corrected chi connectivity index (χ3v) is 9.79. The van der Waals surface area contributed by atoms with Crippen molar-refractivity contribution in [2.75, 3.05) is 0 Å². The van der Waals surface area contributed by atoms with Crippen molar-refractivity contribution < 1.29 is 9.13 Å². The Hall–Kier alpha value is -5.48. The molecule has 0 saturated heterocycles. The Kier molecular flexibility index (Phi) is 7.41. The zero-order valence-electron chi connectivity index (χ0n) is 25.8. The first-order valence-corrected chi connectivity index (χ1v) is 16.5. The van der Waals surface area contributed by atoms with E-state index in [4.69, 9.17) is 0 Å². The number of aromatic amines is 2. The van der Waals surface area contributed by atoms with Crippen LogP contribution in [0.3, 0.4) is 0 Å². The van der Waals surface area contributed by atoms with Gasteiger partial charge in [0.25, 0.3) is 0 Å². The van der Waals surface area contributed by atoms with Gasteiger partial charge in [0.1, 0.15) is 13.1 Å². The van der Waals surface area contributed by atoms with E-state index in [-0.39, 0.29) is 7.43 Å². The molecular weight excluding hydrogens is 573 g/mol. The molecule has 4 aromatic heterocycles. The molecule has 2 aliphatic rings. The highest BCUT2D eigenvalue weighted by Crippen LogP contribution is 2.39. The van der Waals surface area contributed by atoms with Crippen molar-refractivity contribution in [1.82, 2.24) is 9.97 Å². The number of aryl methyl sites for hydroxylation is 4. The van der Waals surface area contributed by atoms with E-state index in [1.54, 1.807) is 0 Å². The largest absolute Gasteiger partial charge is 0.361 e. The van der Waals surface area contributed by atoms with Crippen molar-refractivity contribution >= 4 is 46.1 Å². The van der Waals surface area contributed by atoms with Crippen LogP contribution in [-0.2, 0) is 25.9 Å². The summed E-state index contributed by atoms with van der Waals surface area (Å²) in [4.78, 5) is 6.59. The van der Waals surface area contributed by atoms with Crippen LogP contribution < -0.4 is 9.13 Å². The second kappa shape index (κ2) is 12.0. The van der Waals surface area contributed by atoms with E-state index in [1.807, 2.05) is 12.4 Å². The minimum atomic E-state index is 0. The Balaban J connectivity index is 0.00000324. The summed E-state index contributed by atoms with van der Waals surface area (Å²) in [7, 11) is 0. The molecule has 0 aliphatic carbocycles. The number of hydrogen-bond donors (Lipinski definition) is 2. The molecule has 47 heavy (non-hydrogen) atoms. The highest BCUT2D eigenvalue weighted by Gasteiger charge is 2.31. The lowest BCUT2D eigenvalue weighted by molar-refractivity contribution is -0.687. The molecule has 4 nitrogen and oxygen atoms in total. The fourth-order valence-corrected chi connectivity index (χ4v) is 7.43. The average Bonchev–Trinajstić information content (AvgIpc) is 3.67. The fraction of sp³-hybridized carbons (Fsp3) is 0.163. The molecule has 2 N–H and O–H groups in total. The Labute approximate surface area is 276 Å². The summed E-state index contributed by atoms with van der Waals surface area (Å²) in [6.45, 7) is 2.06. The summed E-state index contributed by atoms with van der Waals surface area (Å²) in [6.07, 6.45) is 22.1. The first-order valence-electron chi connectivity index (χ1n) is 16.5. The summed E-state index contributed by atoms with van der Waals surface area (Å²) < 4.78 is 4.96. The van der Waals surface area contributed by atoms with Gasteiger partial charge in [-0.2, -0.15) is 9.13 Å². The summed E-state index contributed by atoms with van der Waals surface area (Å²) >= 11 is 0. The van der Waals surface area contributed by atoms with Gasteiger partial charge in [-0.3, -0.25) is 0 Å². The number of benzene rings is 3. The monoisotopic (exact) mass is 612 g/mol. The molecule has 0 atom stereocenters. The lowest BCUT2D eigenvalue weighted by Crippen LogP contribution is -2.36. The van der Waals surface area contributed by atoms with Gasteiger partial charge in [0.15, 0.2) is 12.4 Å². The quantitative estimate of drug-likeness (QED) is 0.186. The predicted octanol–water partition coefficient (Wildman–Crippen LogP) is 9.43. The van der Waals surface area contributed by atoms with Gasteiger partial charge in [0.2, 0.25) is 11.4 Å². The van der Waals surface area contributed by atoms with Gasteiger partial charge in [-0.1, -0.05) is 56.0 Å².